The van der Waals surface area contributed by atoms with Crippen LogP contribution in [-0.4, -0.2) is 43.4 Å². The maximum Gasteiger partial charge on any atom is 0.344 e. The number of sulfonamides is 1. The van der Waals surface area contributed by atoms with Crippen LogP contribution < -0.4 is 4.90 Å². The lowest BCUT2D eigenvalue weighted by Gasteiger charge is -2.34. The van der Waals surface area contributed by atoms with Crippen LogP contribution in [0.15, 0.2) is 41.4 Å². The third kappa shape index (κ3) is 2.77. The lowest BCUT2D eigenvalue weighted by Crippen LogP contribution is -2.51. The van der Waals surface area contributed by atoms with Crippen LogP contribution in [-0.2, 0) is 19.6 Å². The molecule has 0 radical (unpaired) electrons. The van der Waals surface area contributed by atoms with Crippen molar-refractivity contribution in [1.29, 1.82) is 0 Å². The summed E-state index contributed by atoms with van der Waals surface area (Å²) in [5.41, 5.74) is 0.446. The van der Waals surface area contributed by atoms with Crippen molar-refractivity contribution in [2.24, 2.45) is 0 Å². The van der Waals surface area contributed by atoms with Crippen molar-refractivity contribution < 1.29 is 27.1 Å². The lowest BCUT2D eigenvalue weighted by atomic mass is 10.2. The van der Waals surface area contributed by atoms with Crippen molar-refractivity contribution in [2.75, 3.05) is 18.6 Å². The first-order chi connectivity index (χ1) is 12.3. The number of urea groups is 1. The highest BCUT2D eigenvalue weighted by Gasteiger charge is 2.44. The SMILES string of the molecule is COC(=O)CN1C(=O)N(c2ccc(C)c(F)c2)c2ncccc2S1(=O)=O. The van der Waals surface area contributed by atoms with Gasteiger partial charge in [0.25, 0.3) is 10.0 Å². The van der Waals surface area contributed by atoms with Gasteiger partial charge in [0.2, 0.25) is 0 Å². The zero-order chi connectivity index (χ0) is 19.1. The summed E-state index contributed by atoms with van der Waals surface area (Å²) >= 11 is 0. The van der Waals surface area contributed by atoms with Crippen LogP contribution >= 0.6 is 0 Å². The average molecular weight is 379 g/mol. The number of ether oxygens (including phenoxy) is 1. The summed E-state index contributed by atoms with van der Waals surface area (Å²) < 4.78 is 44.3. The number of hydrogen-bond donors (Lipinski definition) is 0. The van der Waals surface area contributed by atoms with Gasteiger partial charge in [-0.3, -0.25) is 4.79 Å². The van der Waals surface area contributed by atoms with Gasteiger partial charge >= 0.3 is 12.0 Å². The van der Waals surface area contributed by atoms with Gasteiger partial charge in [-0.25, -0.2) is 31.8 Å². The molecule has 0 spiro atoms. The van der Waals surface area contributed by atoms with Crippen LogP contribution in [0.3, 0.4) is 0 Å². The van der Waals surface area contributed by atoms with Crippen LogP contribution in [0.25, 0.3) is 0 Å². The minimum absolute atomic E-state index is 0.0859. The zero-order valence-electron chi connectivity index (χ0n) is 13.8. The van der Waals surface area contributed by atoms with E-state index < -0.39 is 34.4 Å². The van der Waals surface area contributed by atoms with Crippen LogP contribution in [0.5, 0.6) is 0 Å². The van der Waals surface area contributed by atoms with Crippen molar-refractivity contribution in [1.82, 2.24) is 9.29 Å². The van der Waals surface area contributed by atoms with Crippen molar-refractivity contribution in [3.05, 3.63) is 47.9 Å². The van der Waals surface area contributed by atoms with Gasteiger partial charge in [0, 0.05) is 6.20 Å². The second-order valence-corrected chi connectivity index (χ2v) is 7.30. The number of rotatable bonds is 3. The number of esters is 1. The monoisotopic (exact) mass is 379 g/mol. The summed E-state index contributed by atoms with van der Waals surface area (Å²) in [6.07, 6.45) is 1.31. The third-order valence-corrected chi connectivity index (χ3v) is 5.59. The van der Waals surface area contributed by atoms with Gasteiger partial charge in [0.05, 0.1) is 12.8 Å². The molecule has 0 aliphatic carbocycles. The van der Waals surface area contributed by atoms with Crippen molar-refractivity contribution in [2.45, 2.75) is 11.8 Å². The molecular formula is C16H14FN3O5S. The molecule has 1 aromatic heterocycles. The Hall–Kier alpha value is -3.01. The summed E-state index contributed by atoms with van der Waals surface area (Å²) in [4.78, 5) is 29.1. The van der Waals surface area contributed by atoms with E-state index in [-0.39, 0.29) is 16.4 Å². The summed E-state index contributed by atoms with van der Waals surface area (Å²) in [5.74, 6) is -1.65. The summed E-state index contributed by atoms with van der Waals surface area (Å²) in [7, 11) is -3.24. The highest BCUT2D eigenvalue weighted by Crippen LogP contribution is 2.37. The maximum atomic E-state index is 14.0. The fourth-order valence-corrected chi connectivity index (χ4v) is 3.89. The Kier molecular flexibility index (Phi) is 4.36. The molecule has 2 heterocycles. The standard InChI is InChI=1S/C16H14FN3O5S/c1-10-5-6-11(8-12(10)17)20-15-13(4-3-7-18-15)26(23,24)19(16(20)22)9-14(21)25-2/h3-8H,9H2,1-2H3. The minimum atomic E-state index is -4.31. The maximum absolute atomic E-state index is 14.0. The molecule has 26 heavy (non-hydrogen) atoms. The van der Waals surface area contributed by atoms with E-state index in [2.05, 4.69) is 9.72 Å². The number of carbonyl (C=O) groups is 2. The van der Waals surface area contributed by atoms with Gasteiger partial charge in [-0.15, -0.1) is 0 Å². The van der Waals surface area contributed by atoms with Gasteiger partial charge in [0.15, 0.2) is 5.82 Å². The van der Waals surface area contributed by atoms with Gasteiger partial charge < -0.3 is 4.74 Å². The van der Waals surface area contributed by atoms with Crippen molar-refractivity contribution in [3.8, 4) is 0 Å². The lowest BCUT2D eigenvalue weighted by molar-refractivity contribution is -0.140. The second-order valence-electron chi connectivity index (χ2n) is 5.46. The van der Waals surface area contributed by atoms with E-state index in [0.29, 0.717) is 9.87 Å². The van der Waals surface area contributed by atoms with Crippen LogP contribution in [0, 0.1) is 12.7 Å². The van der Waals surface area contributed by atoms with Crippen molar-refractivity contribution in [3.63, 3.8) is 0 Å². The van der Waals surface area contributed by atoms with E-state index in [4.69, 9.17) is 0 Å². The molecule has 0 saturated heterocycles. The van der Waals surface area contributed by atoms with Gasteiger partial charge in [-0.1, -0.05) is 6.07 Å². The summed E-state index contributed by atoms with van der Waals surface area (Å²) in [6, 6.07) is 5.60. The smallest absolute Gasteiger partial charge is 0.344 e. The van der Waals surface area contributed by atoms with E-state index >= 15 is 0 Å². The molecule has 1 aliphatic rings. The predicted octanol–water partition coefficient (Wildman–Crippen LogP) is 1.96. The number of carbonyl (C=O) groups excluding carboxylic acids is 2. The number of halogens is 1. The first kappa shape index (κ1) is 17.8. The van der Waals surface area contributed by atoms with E-state index in [1.807, 2.05) is 0 Å². The van der Waals surface area contributed by atoms with E-state index in [0.717, 1.165) is 18.1 Å². The number of methoxy groups -OCH3 is 1. The molecule has 0 atom stereocenters. The van der Waals surface area contributed by atoms with Crippen molar-refractivity contribution >= 4 is 33.5 Å². The number of benzene rings is 1. The zero-order valence-corrected chi connectivity index (χ0v) is 14.7. The van der Waals surface area contributed by atoms with Crippen LogP contribution in [0.4, 0.5) is 20.7 Å². The normalized spacial score (nSPS) is 15.6. The fraction of sp³-hybridized carbons (Fsp3) is 0.188. The molecule has 0 fully saturated rings. The molecule has 0 saturated carbocycles. The number of pyridine rings is 1. The molecule has 1 aromatic carbocycles. The predicted molar refractivity (Wildman–Crippen MR) is 88.8 cm³/mol. The Labute approximate surface area is 148 Å². The number of anilines is 2. The molecule has 10 heteroatoms. The Morgan fingerprint density at radius 3 is 2.69 bits per heavy atom. The average Bonchev–Trinajstić information content (AvgIpc) is 2.61. The molecule has 136 valence electrons. The largest absolute Gasteiger partial charge is 0.468 e. The highest BCUT2D eigenvalue weighted by molar-refractivity contribution is 7.90. The molecule has 2 amide bonds. The van der Waals surface area contributed by atoms with E-state index in [1.54, 1.807) is 6.92 Å². The molecular weight excluding hydrogens is 365 g/mol. The van der Waals surface area contributed by atoms with E-state index in [9.17, 15) is 22.4 Å². The number of amides is 2. The fourth-order valence-electron chi connectivity index (χ4n) is 2.46. The number of aromatic nitrogens is 1. The Balaban J connectivity index is 2.21. The molecule has 3 rings (SSSR count). The first-order valence-corrected chi connectivity index (χ1v) is 8.86. The Morgan fingerprint density at radius 2 is 2.04 bits per heavy atom. The first-order valence-electron chi connectivity index (χ1n) is 7.42. The summed E-state index contributed by atoms with van der Waals surface area (Å²) in [6.45, 7) is 0.744. The Bertz CT molecular complexity index is 1010. The topological polar surface area (TPSA) is 96.9 Å². The number of nitrogens with zero attached hydrogens (tertiary/aromatic N) is 3. The number of aryl methyl sites for hydroxylation is 1. The minimum Gasteiger partial charge on any atom is -0.468 e. The third-order valence-electron chi connectivity index (χ3n) is 3.85. The van der Waals surface area contributed by atoms with Gasteiger partial charge in [-0.05, 0) is 36.8 Å². The quantitative estimate of drug-likeness (QED) is 0.757. The molecule has 0 unspecified atom stereocenters. The Morgan fingerprint density at radius 1 is 1.31 bits per heavy atom. The number of fused-ring (bicyclic) bond motifs is 1. The van der Waals surface area contributed by atoms with Crippen LogP contribution in [0.2, 0.25) is 0 Å². The molecule has 1 aliphatic heterocycles. The molecule has 2 aromatic rings. The molecule has 0 bridgehead atoms. The molecule has 0 N–H and O–H groups in total. The molecule has 8 nitrogen and oxygen atoms in total. The summed E-state index contributed by atoms with van der Waals surface area (Å²) in [5, 5.41) is 0. The number of hydrogen-bond acceptors (Lipinski definition) is 6. The van der Waals surface area contributed by atoms with E-state index in [1.165, 1.54) is 30.5 Å². The second kappa shape index (κ2) is 6.37. The highest BCUT2D eigenvalue weighted by atomic mass is 32.2. The van der Waals surface area contributed by atoms with Gasteiger partial charge in [-0.2, -0.15) is 0 Å². The van der Waals surface area contributed by atoms with Crippen LogP contribution in [0.1, 0.15) is 5.56 Å². The van der Waals surface area contributed by atoms with Gasteiger partial charge in [0.1, 0.15) is 17.3 Å².